The second-order valence-electron chi connectivity index (χ2n) is 5.06. The summed E-state index contributed by atoms with van der Waals surface area (Å²) in [5.74, 6) is 1.23. The molecule has 0 aliphatic carbocycles. The van der Waals surface area contributed by atoms with Crippen molar-refractivity contribution >= 4 is 23.4 Å². The van der Waals surface area contributed by atoms with Crippen molar-refractivity contribution in [2.45, 2.75) is 13.5 Å². The standard InChI is InChI=1S/C17H19ClN2O4/c1-10-5-14(17(21)24-4)16(20-15(10)18)19-9-11-6-12(22-2)8-13(7-11)23-3/h5-8H,9H2,1-4H3,(H,19,20). The molecule has 0 aliphatic heterocycles. The third-order valence-corrected chi connectivity index (χ3v) is 3.81. The topological polar surface area (TPSA) is 69.7 Å². The van der Waals surface area contributed by atoms with Crippen molar-refractivity contribution in [3.05, 3.63) is 46.1 Å². The highest BCUT2D eigenvalue weighted by Gasteiger charge is 2.16. The van der Waals surface area contributed by atoms with Crippen LogP contribution in [0.15, 0.2) is 24.3 Å². The Labute approximate surface area is 145 Å². The first-order chi connectivity index (χ1) is 11.5. The minimum Gasteiger partial charge on any atom is -0.497 e. The number of hydrogen-bond acceptors (Lipinski definition) is 6. The number of halogens is 1. The highest BCUT2D eigenvalue weighted by atomic mass is 35.5. The van der Waals surface area contributed by atoms with Crippen LogP contribution in [0.2, 0.25) is 5.15 Å². The Morgan fingerprint density at radius 1 is 1.12 bits per heavy atom. The lowest BCUT2D eigenvalue weighted by Gasteiger charge is -2.13. The lowest BCUT2D eigenvalue weighted by molar-refractivity contribution is 0.0601. The summed E-state index contributed by atoms with van der Waals surface area (Å²) in [7, 11) is 4.49. The third kappa shape index (κ3) is 4.08. The predicted octanol–water partition coefficient (Wildman–Crippen LogP) is 3.46. The van der Waals surface area contributed by atoms with E-state index in [1.54, 1.807) is 33.3 Å². The zero-order chi connectivity index (χ0) is 17.7. The SMILES string of the molecule is COC(=O)c1cc(C)c(Cl)nc1NCc1cc(OC)cc(OC)c1. The van der Waals surface area contributed by atoms with Crippen LogP contribution in [0.4, 0.5) is 5.82 Å². The number of nitrogens with zero attached hydrogens (tertiary/aromatic N) is 1. The highest BCUT2D eigenvalue weighted by Crippen LogP contribution is 2.25. The molecule has 2 rings (SSSR count). The summed E-state index contributed by atoms with van der Waals surface area (Å²) in [6, 6.07) is 7.16. The van der Waals surface area contributed by atoms with E-state index in [-0.39, 0.29) is 0 Å². The van der Waals surface area contributed by atoms with Gasteiger partial charge in [0.05, 0.1) is 21.3 Å². The van der Waals surface area contributed by atoms with Crippen molar-refractivity contribution in [1.82, 2.24) is 4.98 Å². The second kappa shape index (κ2) is 7.88. The molecule has 0 amide bonds. The van der Waals surface area contributed by atoms with E-state index >= 15 is 0 Å². The number of aromatic nitrogens is 1. The number of esters is 1. The molecule has 0 unspecified atom stereocenters. The third-order valence-electron chi connectivity index (χ3n) is 3.43. The van der Waals surface area contributed by atoms with Crippen molar-refractivity contribution in [1.29, 1.82) is 0 Å². The van der Waals surface area contributed by atoms with E-state index in [0.29, 0.717) is 40.1 Å². The van der Waals surface area contributed by atoms with Gasteiger partial charge in [0, 0.05) is 12.6 Å². The van der Waals surface area contributed by atoms with Crippen LogP contribution in [-0.4, -0.2) is 32.3 Å². The second-order valence-corrected chi connectivity index (χ2v) is 5.42. The van der Waals surface area contributed by atoms with Gasteiger partial charge in [0.2, 0.25) is 0 Å². The maximum absolute atomic E-state index is 11.9. The van der Waals surface area contributed by atoms with Gasteiger partial charge in [-0.2, -0.15) is 0 Å². The summed E-state index contributed by atoms with van der Waals surface area (Å²) in [6.45, 7) is 2.18. The first-order valence-corrected chi connectivity index (χ1v) is 7.57. The van der Waals surface area contributed by atoms with E-state index in [0.717, 1.165) is 5.56 Å². The Kier molecular flexibility index (Phi) is 5.87. The van der Waals surface area contributed by atoms with Gasteiger partial charge in [-0.05, 0) is 36.2 Å². The first-order valence-electron chi connectivity index (χ1n) is 7.19. The van der Waals surface area contributed by atoms with Crippen molar-refractivity contribution in [2.75, 3.05) is 26.6 Å². The minimum absolute atomic E-state index is 0.327. The fourth-order valence-corrected chi connectivity index (χ4v) is 2.28. The number of hydrogen-bond donors (Lipinski definition) is 1. The summed E-state index contributed by atoms with van der Waals surface area (Å²) in [5.41, 5.74) is 1.93. The normalized spacial score (nSPS) is 10.2. The van der Waals surface area contributed by atoms with Crippen LogP contribution in [-0.2, 0) is 11.3 Å². The molecule has 0 aliphatic rings. The number of carbonyl (C=O) groups is 1. The largest absolute Gasteiger partial charge is 0.497 e. The molecular formula is C17H19ClN2O4. The van der Waals surface area contributed by atoms with Crippen LogP contribution in [0, 0.1) is 6.92 Å². The van der Waals surface area contributed by atoms with Gasteiger partial charge in [-0.1, -0.05) is 11.6 Å². The monoisotopic (exact) mass is 350 g/mol. The molecule has 0 atom stereocenters. The van der Waals surface area contributed by atoms with Gasteiger partial charge in [-0.15, -0.1) is 0 Å². The van der Waals surface area contributed by atoms with Gasteiger partial charge in [-0.3, -0.25) is 0 Å². The maximum Gasteiger partial charge on any atom is 0.341 e. The van der Waals surface area contributed by atoms with E-state index in [1.165, 1.54) is 7.11 Å². The van der Waals surface area contributed by atoms with Crippen molar-refractivity contribution in [2.24, 2.45) is 0 Å². The number of aryl methyl sites for hydroxylation is 1. The molecule has 1 aromatic heterocycles. The summed E-state index contributed by atoms with van der Waals surface area (Å²) in [4.78, 5) is 16.2. The van der Waals surface area contributed by atoms with Gasteiger partial charge >= 0.3 is 5.97 Å². The zero-order valence-electron chi connectivity index (χ0n) is 14.0. The summed E-state index contributed by atoms with van der Waals surface area (Å²) in [6.07, 6.45) is 0. The number of pyridine rings is 1. The molecule has 1 heterocycles. The van der Waals surface area contributed by atoms with Crippen molar-refractivity contribution in [3.8, 4) is 11.5 Å². The summed E-state index contributed by atoms with van der Waals surface area (Å²) >= 11 is 6.07. The highest BCUT2D eigenvalue weighted by molar-refractivity contribution is 6.30. The van der Waals surface area contributed by atoms with E-state index in [9.17, 15) is 4.79 Å². The zero-order valence-corrected chi connectivity index (χ0v) is 14.7. The van der Waals surface area contributed by atoms with E-state index in [1.807, 2.05) is 12.1 Å². The molecule has 0 bridgehead atoms. The number of ether oxygens (including phenoxy) is 3. The molecule has 0 saturated heterocycles. The molecule has 6 nitrogen and oxygen atoms in total. The van der Waals surface area contributed by atoms with Crippen LogP contribution < -0.4 is 14.8 Å². The van der Waals surface area contributed by atoms with Crippen LogP contribution >= 0.6 is 11.6 Å². The van der Waals surface area contributed by atoms with E-state index < -0.39 is 5.97 Å². The molecule has 0 spiro atoms. The van der Waals surface area contributed by atoms with Crippen LogP contribution in [0.5, 0.6) is 11.5 Å². The lowest BCUT2D eigenvalue weighted by atomic mass is 10.1. The Bertz CT molecular complexity index is 727. The molecule has 0 fully saturated rings. The van der Waals surface area contributed by atoms with Crippen LogP contribution in [0.3, 0.4) is 0 Å². The molecule has 1 aromatic carbocycles. The first kappa shape index (κ1) is 17.9. The van der Waals surface area contributed by atoms with Gasteiger partial charge in [0.15, 0.2) is 0 Å². The molecule has 2 aromatic rings. The Balaban J connectivity index is 2.29. The molecule has 1 N–H and O–H groups in total. The Morgan fingerprint density at radius 2 is 1.75 bits per heavy atom. The Morgan fingerprint density at radius 3 is 2.29 bits per heavy atom. The van der Waals surface area contributed by atoms with Crippen molar-refractivity contribution in [3.63, 3.8) is 0 Å². The number of rotatable bonds is 6. The van der Waals surface area contributed by atoms with Gasteiger partial charge in [-0.25, -0.2) is 9.78 Å². The average molecular weight is 351 g/mol. The van der Waals surface area contributed by atoms with Gasteiger partial charge in [0.1, 0.15) is 28.0 Å². The average Bonchev–Trinajstić information content (AvgIpc) is 2.61. The van der Waals surface area contributed by atoms with E-state index in [4.69, 9.17) is 25.8 Å². The minimum atomic E-state index is -0.479. The molecule has 24 heavy (non-hydrogen) atoms. The molecular weight excluding hydrogens is 332 g/mol. The fourth-order valence-electron chi connectivity index (χ4n) is 2.15. The van der Waals surface area contributed by atoms with Gasteiger partial charge < -0.3 is 19.5 Å². The number of carbonyl (C=O) groups excluding carboxylic acids is 1. The summed E-state index contributed by atoms with van der Waals surface area (Å²) < 4.78 is 15.3. The number of benzene rings is 1. The number of anilines is 1. The van der Waals surface area contributed by atoms with E-state index in [2.05, 4.69) is 10.3 Å². The van der Waals surface area contributed by atoms with Gasteiger partial charge in [0.25, 0.3) is 0 Å². The number of methoxy groups -OCH3 is 3. The fraction of sp³-hybridized carbons (Fsp3) is 0.294. The smallest absolute Gasteiger partial charge is 0.341 e. The molecule has 0 radical (unpaired) electrons. The van der Waals surface area contributed by atoms with Crippen LogP contribution in [0.25, 0.3) is 0 Å². The maximum atomic E-state index is 11.9. The van der Waals surface area contributed by atoms with Crippen LogP contribution in [0.1, 0.15) is 21.5 Å². The number of nitrogens with one attached hydrogen (secondary N) is 1. The van der Waals surface area contributed by atoms with Crippen molar-refractivity contribution < 1.29 is 19.0 Å². The lowest BCUT2D eigenvalue weighted by Crippen LogP contribution is -2.11. The molecule has 128 valence electrons. The predicted molar refractivity (Wildman–Crippen MR) is 92.2 cm³/mol. The quantitative estimate of drug-likeness (QED) is 0.635. The molecule has 0 saturated carbocycles. The Hall–Kier alpha value is -2.47. The molecule has 7 heteroatoms. The summed E-state index contributed by atoms with van der Waals surface area (Å²) in [5, 5.41) is 3.44.